The summed E-state index contributed by atoms with van der Waals surface area (Å²) in [6.07, 6.45) is 0. The van der Waals surface area contributed by atoms with Crippen molar-refractivity contribution in [2.75, 3.05) is 5.32 Å². The average molecular weight is 303 g/mol. The number of hydrogen-bond acceptors (Lipinski definition) is 3. The fourth-order valence-corrected chi connectivity index (χ4v) is 2.61. The second-order valence-electron chi connectivity index (χ2n) is 5.37. The highest BCUT2D eigenvalue weighted by atomic mass is 32.1. The van der Waals surface area contributed by atoms with Crippen molar-refractivity contribution in [3.8, 4) is 0 Å². The van der Waals surface area contributed by atoms with Gasteiger partial charge in [-0.15, -0.1) is 11.3 Å². The minimum absolute atomic E-state index is 0.154. The van der Waals surface area contributed by atoms with E-state index < -0.39 is 11.4 Å². The van der Waals surface area contributed by atoms with Gasteiger partial charge in [-0.3, -0.25) is 9.59 Å². The Balaban J connectivity index is 2.13. The SMILES string of the molecule is Cc1ccc(C(=O)Nc2ccc(C(C)(C)C(=O)O)cc2)s1. The second-order valence-corrected chi connectivity index (χ2v) is 6.66. The minimum Gasteiger partial charge on any atom is -0.481 e. The van der Waals surface area contributed by atoms with Crippen LogP contribution in [0, 0.1) is 6.92 Å². The molecule has 0 aliphatic heterocycles. The van der Waals surface area contributed by atoms with E-state index in [4.69, 9.17) is 0 Å². The van der Waals surface area contributed by atoms with Crippen LogP contribution in [0.1, 0.15) is 34.0 Å². The third-order valence-corrected chi connectivity index (χ3v) is 4.36. The molecule has 1 aromatic carbocycles. The zero-order chi connectivity index (χ0) is 15.6. The minimum atomic E-state index is -0.951. The molecule has 110 valence electrons. The highest BCUT2D eigenvalue weighted by Crippen LogP contribution is 2.25. The van der Waals surface area contributed by atoms with Gasteiger partial charge >= 0.3 is 5.97 Å². The van der Waals surface area contributed by atoms with Gasteiger partial charge in [-0.2, -0.15) is 0 Å². The summed E-state index contributed by atoms with van der Waals surface area (Å²) < 4.78 is 0. The molecule has 2 N–H and O–H groups in total. The monoisotopic (exact) mass is 303 g/mol. The number of benzene rings is 1. The molecule has 4 nitrogen and oxygen atoms in total. The molecule has 2 aromatic rings. The number of carboxylic acids is 1. The van der Waals surface area contributed by atoms with Crippen LogP contribution in [0.5, 0.6) is 0 Å². The van der Waals surface area contributed by atoms with E-state index in [1.54, 1.807) is 44.2 Å². The summed E-state index contributed by atoms with van der Waals surface area (Å²) in [6, 6.07) is 10.6. The maximum absolute atomic E-state index is 12.0. The number of thiophene rings is 1. The molecule has 0 bridgehead atoms. The maximum Gasteiger partial charge on any atom is 0.313 e. The summed E-state index contributed by atoms with van der Waals surface area (Å²) in [6.45, 7) is 5.25. The van der Waals surface area contributed by atoms with Gasteiger partial charge in [-0.1, -0.05) is 12.1 Å². The first-order valence-electron chi connectivity index (χ1n) is 6.52. The predicted octanol–water partition coefficient (Wildman–Crippen LogP) is 3.67. The maximum atomic E-state index is 12.0. The smallest absolute Gasteiger partial charge is 0.313 e. The number of carboxylic acid groups (broad SMARTS) is 1. The molecule has 0 unspecified atom stereocenters. The van der Waals surface area contributed by atoms with Crippen LogP contribution in [0.3, 0.4) is 0 Å². The third kappa shape index (κ3) is 3.31. The highest BCUT2D eigenvalue weighted by Gasteiger charge is 2.29. The Hall–Kier alpha value is -2.14. The van der Waals surface area contributed by atoms with Crippen LogP contribution in [0.2, 0.25) is 0 Å². The Morgan fingerprint density at radius 2 is 1.71 bits per heavy atom. The van der Waals surface area contributed by atoms with E-state index in [2.05, 4.69) is 5.32 Å². The number of amides is 1. The first kappa shape index (κ1) is 15.3. The van der Waals surface area contributed by atoms with Crippen molar-refractivity contribution < 1.29 is 14.7 Å². The van der Waals surface area contributed by atoms with Crippen LogP contribution in [-0.4, -0.2) is 17.0 Å². The molecule has 0 atom stereocenters. The van der Waals surface area contributed by atoms with E-state index >= 15 is 0 Å². The summed E-state index contributed by atoms with van der Waals surface area (Å²) >= 11 is 1.44. The van der Waals surface area contributed by atoms with Crippen molar-refractivity contribution in [3.05, 3.63) is 51.7 Å². The van der Waals surface area contributed by atoms with Crippen LogP contribution in [0.15, 0.2) is 36.4 Å². The van der Waals surface area contributed by atoms with Crippen molar-refractivity contribution in [1.82, 2.24) is 0 Å². The summed E-state index contributed by atoms with van der Waals surface area (Å²) in [7, 11) is 0. The number of aliphatic carboxylic acids is 1. The van der Waals surface area contributed by atoms with Gasteiger partial charge in [0.25, 0.3) is 5.91 Å². The van der Waals surface area contributed by atoms with Crippen LogP contribution < -0.4 is 5.32 Å². The van der Waals surface area contributed by atoms with Crippen molar-refractivity contribution in [1.29, 1.82) is 0 Å². The molecule has 21 heavy (non-hydrogen) atoms. The number of hydrogen-bond donors (Lipinski definition) is 2. The zero-order valence-electron chi connectivity index (χ0n) is 12.1. The molecule has 0 aliphatic rings. The number of nitrogens with one attached hydrogen (secondary N) is 1. The van der Waals surface area contributed by atoms with Gasteiger partial charge in [0.1, 0.15) is 0 Å². The van der Waals surface area contributed by atoms with Gasteiger partial charge in [-0.25, -0.2) is 0 Å². The van der Waals surface area contributed by atoms with Crippen LogP contribution in [-0.2, 0) is 10.2 Å². The van der Waals surface area contributed by atoms with Gasteiger partial charge in [0.15, 0.2) is 0 Å². The molecular weight excluding hydrogens is 286 g/mol. The lowest BCUT2D eigenvalue weighted by Gasteiger charge is -2.19. The first-order valence-corrected chi connectivity index (χ1v) is 7.34. The van der Waals surface area contributed by atoms with E-state index in [9.17, 15) is 14.7 Å². The van der Waals surface area contributed by atoms with E-state index in [1.165, 1.54) is 11.3 Å². The molecule has 0 radical (unpaired) electrons. The summed E-state index contributed by atoms with van der Waals surface area (Å²) in [5.74, 6) is -1.04. The Labute approximate surface area is 127 Å². The van der Waals surface area contributed by atoms with Gasteiger partial charge < -0.3 is 10.4 Å². The number of carbonyl (C=O) groups excluding carboxylic acids is 1. The largest absolute Gasteiger partial charge is 0.481 e. The summed E-state index contributed by atoms with van der Waals surface area (Å²) in [5, 5.41) is 12.0. The number of anilines is 1. The van der Waals surface area contributed by atoms with E-state index in [0.717, 1.165) is 4.88 Å². The Morgan fingerprint density at radius 1 is 1.10 bits per heavy atom. The number of aryl methyl sites for hydroxylation is 1. The molecule has 2 rings (SSSR count). The van der Waals surface area contributed by atoms with Gasteiger partial charge in [0.05, 0.1) is 10.3 Å². The van der Waals surface area contributed by atoms with Crippen LogP contribution in [0.25, 0.3) is 0 Å². The van der Waals surface area contributed by atoms with E-state index in [0.29, 0.717) is 16.1 Å². The quantitative estimate of drug-likeness (QED) is 0.905. The highest BCUT2D eigenvalue weighted by molar-refractivity contribution is 7.14. The number of carbonyl (C=O) groups is 2. The lowest BCUT2D eigenvalue weighted by Crippen LogP contribution is -2.28. The third-order valence-electron chi connectivity index (χ3n) is 3.36. The fourth-order valence-electron chi connectivity index (χ4n) is 1.84. The predicted molar refractivity (Wildman–Crippen MR) is 84.1 cm³/mol. The van der Waals surface area contributed by atoms with E-state index in [1.807, 2.05) is 13.0 Å². The van der Waals surface area contributed by atoms with Crippen molar-refractivity contribution in [2.45, 2.75) is 26.2 Å². The van der Waals surface area contributed by atoms with Crippen molar-refractivity contribution >= 4 is 28.9 Å². The molecule has 0 aliphatic carbocycles. The van der Waals surface area contributed by atoms with Crippen molar-refractivity contribution in [3.63, 3.8) is 0 Å². The summed E-state index contributed by atoms with van der Waals surface area (Å²) in [4.78, 5) is 25.0. The molecule has 0 saturated carbocycles. The number of rotatable bonds is 4. The Bertz CT molecular complexity index is 671. The topological polar surface area (TPSA) is 66.4 Å². The molecule has 1 aromatic heterocycles. The first-order chi connectivity index (χ1) is 9.80. The summed E-state index contributed by atoms with van der Waals surface area (Å²) in [5.41, 5.74) is 0.392. The van der Waals surface area contributed by atoms with Gasteiger partial charge in [-0.05, 0) is 50.6 Å². The van der Waals surface area contributed by atoms with E-state index in [-0.39, 0.29) is 5.91 Å². The molecule has 0 spiro atoms. The van der Waals surface area contributed by atoms with Crippen molar-refractivity contribution in [2.24, 2.45) is 0 Å². The van der Waals surface area contributed by atoms with Gasteiger partial charge in [0, 0.05) is 10.6 Å². The lowest BCUT2D eigenvalue weighted by atomic mass is 9.85. The molecule has 0 fully saturated rings. The molecular formula is C16H17NO3S. The lowest BCUT2D eigenvalue weighted by molar-refractivity contribution is -0.142. The Kier molecular flexibility index (Phi) is 4.14. The zero-order valence-corrected chi connectivity index (χ0v) is 13.0. The second kappa shape index (κ2) is 5.69. The molecule has 1 heterocycles. The molecule has 1 amide bonds. The standard InChI is InChI=1S/C16H17NO3S/c1-10-4-9-13(21-10)14(18)17-12-7-5-11(6-8-12)16(2,3)15(19)20/h4-9H,1-3H3,(H,17,18)(H,19,20). The molecule has 5 heteroatoms. The van der Waals surface area contributed by atoms with Crippen LogP contribution >= 0.6 is 11.3 Å². The van der Waals surface area contributed by atoms with Crippen LogP contribution in [0.4, 0.5) is 5.69 Å². The normalized spacial score (nSPS) is 11.2. The van der Waals surface area contributed by atoms with Gasteiger partial charge in [0.2, 0.25) is 0 Å². The average Bonchev–Trinajstić information content (AvgIpc) is 2.86. The molecule has 0 saturated heterocycles. The Morgan fingerprint density at radius 3 is 2.19 bits per heavy atom. The fraction of sp³-hybridized carbons (Fsp3) is 0.250.